The van der Waals surface area contributed by atoms with Crippen LogP contribution in [0, 0.1) is 11.8 Å². The fraction of sp³-hybridized carbons (Fsp3) is 0.632. The van der Waals surface area contributed by atoms with Gasteiger partial charge in [0.2, 0.25) is 5.91 Å². The highest BCUT2D eigenvalue weighted by Crippen LogP contribution is 2.25. The summed E-state index contributed by atoms with van der Waals surface area (Å²) in [6, 6.07) is 9.81. The Balaban J connectivity index is 1.49. The molecule has 1 unspecified atom stereocenters. The summed E-state index contributed by atoms with van der Waals surface area (Å²) in [4.78, 5) is 12.4. The maximum atomic E-state index is 12.8. The molecule has 0 bridgehead atoms. The van der Waals surface area contributed by atoms with Crippen LogP contribution in [0.5, 0.6) is 0 Å². The smallest absolute Gasteiger partial charge is 0.281 e. The van der Waals surface area contributed by atoms with E-state index in [2.05, 4.69) is 12.2 Å². The van der Waals surface area contributed by atoms with Crippen molar-refractivity contribution in [3.05, 3.63) is 35.9 Å². The molecule has 2 fully saturated rings. The van der Waals surface area contributed by atoms with Gasteiger partial charge in [-0.1, -0.05) is 37.3 Å². The number of amides is 1. The lowest BCUT2D eigenvalue weighted by Crippen LogP contribution is -2.51. The van der Waals surface area contributed by atoms with Gasteiger partial charge in [-0.3, -0.25) is 4.79 Å². The van der Waals surface area contributed by atoms with E-state index in [9.17, 15) is 13.2 Å². The first-order valence-corrected chi connectivity index (χ1v) is 10.9. The number of carbonyl (C=O) groups is 1. The quantitative estimate of drug-likeness (QED) is 0.851. The van der Waals surface area contributed by atoms with Crippen LogP contribution in [0.3, 0.4) is 0 Å². The van der Waals surface area contributed by atoms with E-state index in [-0.39, 0.29) is 11.8 Å². The van der Waals surface area contributed by atoms with Crippen molar-refractivity contribution in [1.29, 1.82) is 0 Å². The number of nitrogens with one attached hydrogen (secondary N) is 1. The summed E-state index contributed by atoms with van der Waals surface area (Å²) in [5.41, 5.74) is 1.07. The van der Waals surface area contributed by atoms with Crippen LogP contribution in [0.1, 0.15) is 38.2 Å². The Morgan fingerprint density at radius 1 is 1.08 bits per heavy atom. The lowest BCUT2D eigenvalue weighted by atomic mass is 9.97. The van der Waals surface area contributed by atoms with E-state index in [0.29, 0.717) is 51.5 Å². The first-order chi connectivity index (χ1) is 12.5. The third kappa shape index (κ3) is 4.64. The Kier molecular flexibility index (Phi) is 6.32. The molecule has 0 aromatic heterocycles. The van der Waals surface area contributed by atoms with Gasteiger partial charge in [0.05, 0.1) is 0 Å². The lowest BCUT2D eigenvalue weighted by molar-refractivity contribution is -0.126. The molecule has 1 N–H and O–H groups in total. The average molecular weight is 380 g/mol. The first kappa shape index (κ1) is 19.3. The molecule has 2 aliphatic heterocycles. The zero-order chi connectivity index (χ0) is 18.6. The van der Waals surface area contributed by atoms with Crippen LogP contribution in [0.15, 0.2) is 30.3 Å². The minimum Gasteiger partial charge on any atom is -0.352 e. The van der Waals surface area contributed by atoms with Gasteiger partial charge in [-0.25, -0.2) is 0 Å². The van der Waals surface area contributed by atoms with Crippen LogP contribution >= 0.6 is 0 Å². The molecule has 0 radical (unpaired) electrons. The maximum Gasteiger partial charge on any atom is 0.281 e. The molecular weight excluding hydrogens is 350 g/mol. The van der Waals surface area contributed by atoms with Gasteiger partial charge in [-0.15, -0.1) is 0 Å². The number of hydrogen-bond acceptors (Lipinski definition) is 3. The van der Waals surface area contributed by atoms with Crippen molar-refractivity contribution in [2.45, 2.75) is 39.2 Å². The second-order valence-corrected chi connectivity index (χ2v) is 9.42. The van der Waals surface area contributed by atoms with Gasteiger partial charge >= 0.3 is 0 Å². The Labute approximate surface area is 156 Å². The zero-order valence-electron chi connectivity index (χ0n) is 15.4. The van der Waals surface area contributed by atoms with Gasteiger partial charge in [-0.05, 0) is 37.2 Å². The van der Waals surface area contributed by atoms with Crippen LogP contribution in [0.4, 0.5) is 0 Å². The van der Waals surface area contributed by atoms with Gasteiger partial charge in [-0.2, -0.15) is 17.0 Å². The number of piperidine rings is 2. The number of nitrogens with zero attached hydrogens (tertiary/aromatic N) is 2. The Morgan fingerprint density at radius 2 is 1.77 bits per heavy atom. The summed E-state index contributed by atoms with van der Waals surface area (Å²) >= 11 is 0. The summed E-state index contributed by atoms with van der Waals surface area (Å²) in [6.07, 6.45) is 3.20. The second kappa shape index (κ2) is 8.50. The van der Waals surface area contributed by atoms with E-state index >= 15 is 0 Å². The molecular formula is C19H29N3O3S. The Bertz CT molecular complexity index is 700. The number of benzene rings is 1. The van der Waals surface area contributed by atoms with Crippen molar-refractivity contribution in [2.24, 2.45) is 11.8 Å². The fourth-order valence-corrected chi connectivity index (χ4v) is 5.60. The molecule has 2 aliphatic rings. The molecule has 1 aromatic rings. The molecule has 6 nitrogen and oxygen atoms in total. The molecule has 0 spiro atoms. The highest BCUT2D eigenvalue weighted by atomic mass is 32.2. The molecule has 0 aliphatic carbocycles. The van der Waals surface area contributed by atoms with Crippen molar-refractivity contribution in [1.82, 2.24) is 13.9 Å². The standard InChI is InChI=1S/C19H29N3O3S/c1-16-6-5-11-22(15-16)26(24,25)21-12-9-18(10-13-21)19(23)20-14-17-7-3-2-4-8-17/h2-4,7-8,16,18H,5-6,9-15H2,1H3,(H,20,23). The topological polar surface area (TPSA) is 69.7 Å². The maximum absolute atomic E-state index is 12.8. The van der Waals surface area contributed by atoms with Crippen molar-refractivity contribution < 1.29 is 13.2 Å². The summed E-state index contributed by atoms with van der Waals surface area (Å²) in [5.74, 6) is 0.336. The normalized spacial score (nSPS) is 23.7. The number of rotatable bonds is 5. The summed E-state index contributed by atoms with van der Waals surface area (Å²) in [7, 11) is -3.39. The van der Waals surface area contributed by atoms with E-state index in [4.69, 9.17) is 0 Å². The minimum atomic E-state index is -3.39. The zero-order valence-corrected chi connectivity index (χ0v) is 16.2. The Hall–Kier alpha value is -1.44. The molecule has 1 aromatic carbocycles. The number of hydrogen-bond donors (Lipinski definition) is 1. The van der Waals surface area contributed by atoms with Gasteiger partial charge in [0.25, 0.3) is 10.2 Å². The largest absolute Gasteiger partial charge is 0.352 e. The molecule has 1 amide bonds. The molecule has 7 heteroatoms. The molecule has 2 heterocycles. The minimum absolute atomic E-state index is 0.0255. The highest BCUT2D eigenvalue weighted by Gasteiger charge is 2.36. The van der Waals surface area contributed by atoms with Crippen molar-refractivity contribution in [2.75, 3.05) is 26.2 Å². The SMILES string of the molecule is CC1CCCN(S(=O)(=O)N2CCC(C(=O)NCc3ccccc3)CC2)C1. The predicted octanol–water partition coefficient (Wildman–Crippen LogP) is 1.99. The van der Waals surface area contributed by atoms with Crippen molar-refractivity contribution in [3.63, 3.8) is 0 Å². The van der Waals surface area contributed by atoms with Crippen LogP contribution in [0.2, 0.25) is 0 Å². The third-order valence-corrected chi connectivity index (χ3v) is 7.41. The van der Waals surface area contributed by atoms with E-state index < -0.39 is 10.2 Å². The highest BCUT2D eigenvalue weighted by molar-refractivity contribution is 7.86. The average Bonchev–Trinajstić information content (AvgIpc) is 2.67. The third-order valence-electron chi connectivity index (χ3n) is 5.41. The summed E-state index contributed by atoms with van der Waals surface area (Å²) in [6.45, 7) is 4.70. The van der Waals surface area contributed by atoms with E-state index in [0.717, 1.165) is 18.4 Å². The molecule has 3 rings (SSSR count). The second-order valence-electron chi connectivity index (χ2n) is 7.49. The van der Waals surface area contributed by atoms with Crippen LogP contribution in [0.25, 0.3) is 0 Å². The molecule has 144 valence electrons. The van der Waals surface area contributed by atoms with Crippen LogP contribution in [-0.4, -0.2) is 49.1 Å². The molecule has 1 atom stereocenters. The molecule has 2 saturated heterocycles. The van der Waals surface area contributed by atoms with E-state index in [1.807, 2.05) is 30.3 Å². The van der Waals surface area contributed by atoms with Gasteiger partial charge in [0, 0.05) is 38.6 Å². The summed E-state index contributed by atoms with van der Waals surface area (Å²) in [5, 5.41) is 2.97. The van der Waals surface area contributed by atoms with Gasteiger partial charge in [0.1, 0.15) is 0 Å². The van der Waals surface area contributed by atoms with Crippen LogP contribution in [-0.2, 0) is 21.5 Å². The Morgan fingerprint density at radius 3 is 2.42 bits per heavy atom. The van der Waals surface area contributed by atoms with Crippen molar-refractivity contribution in [3.8, 4) is 0 Å². The predicted molar refractivity (Wildman–Crippen MR) is 101 cm³/mol. The van der Waals surface area contributed by atoms with Crippen molar-refractivity contribution >= 4 is 16.1 Å². The monoisotopic (exact) mass is 379 g/mol. The number of carbonyl (C=O) groups excluding carboxylic acids is 1. The molecule has 26 heavy (non-hydrogen) atoms. The summed E-state index contributed by atoms with van der Waals surface area (Å²) < 4.78 is 28.8. The van der Waals surface area contributed by atoms with E-state index in [1.54, 1.807) is 8.61 Å². The first-order valence-electron chi connectivity index (χ1n) is 9.53. The van der Waals surface area contributed by atoms with E-state index in [1.165, 1.54) is 0 Å². The lowest BCUT2D eigenvalue weighted by Gasteiger charge is -2.37. The van der Waals surface area contributed by atoms with Gasteiger partial charge in [0.15, 0.2) is 0 Å². The van der Waals surface area contributed by atoms with Crippen LogP contribution < -0.4 is 5.32 Å². The molecule has 0 saturated carbocycles. The fourth-order valence-electron chi connectivity index (χ4n) is 3.80. The van der Waals surface area contributed by atoms with Gasteiger partial charge < -0.3 is 5.32 Å².